The number of rotatable bonds is 3. The van der Waals surface area contributed by atoms with Crippen LogP contribution in [0.5, 0.6) is 0 Å². The Balaban J connectivity index is 2.33. The van der Waals surface area contributed by atoms with E-state index in [1.54, 1.807) is 26.1 Å². The Bertz CT molecular complexity index is 608. The summed E-state index contributed by atoms with van der Waals surface area (Å²) in [6, 6.07) is 7.64. The van der Waals surface area contributed by atoms with E-state index in [4.69, 9.17) is 5.26 Å². The zero-order valence-corrected chi connectivity index (χ0v) is 12.0. The highest BCUT2D eigenvalue weighted by Gasteiger charge is 2.40. The summed E-state index contributed by atoms with van der Waals surface area (Å²) >= 11 is 0. The predicted octanol–water partition coefficient (Wildman–Crippen LogP) is 1.86. The minimum atomic E-state index is -1.03. The summed E-state index contributed by atoms with van der Waals surface area (Å²) < 4.78 is 0. The first kappa shape index (κ1) is 14.9. The molecular weight excluding hydrogens is 270 g/mol. The lowest BCUT2D eigenvalue weighted by Crippen LogP contribution is -2.50. The van der Waals surface area contributed by atoms with Crippen LogP contribution >= 0.6 is 0 Å². The molecule has 21 heavy (non-hydrogen) atoms. The van der Waals surface area contributed by atoms with Crippen LogP contribution in [0, 0.1) is 11.3 Å². The standard InChI is InChI=1S/C15H17N3O3/c1-10(7-8-16)17(2)15(21)18-12-6-4-3-5-11(12)9-13(18)14(19)20/h3-6,10,13H,7,9H2,1-2H3,(H,19,20). The van der Waals surface area contributed by atoms with Gasteiger partial charge in [0.05, 0.1) is 12.5 Å². The summed E-state index contributed by atoms with van der Waals surface area (Å²) in [5, 5.41) is 18.1. The van der Waals surface area contributed by atoms with Crippen LogP contribution in [-0.4, -0.2) is 41.1 Å². The summed E-state index contributed by atoms with van der Waals surface area (Å²) in [5.41, 5.74) is 1.48. The second kappa shape index (κ2) is 5.83. The van der Waals surface area contributed by atoms with E-state index in [2.05, 4.69) is 0 Å². The number of carbonyl (C=O) groups is 2. The molecule has 1 N–H and O–H groups in total. The maximum atomic E-state index is 12.6. The Hall–Kier alpha value is -2.55. The first-order chi connectivity index (χ1) is 9.97. The van der Waals surface area contributed by atoms with Crippen molar-refractivity contribution in [2.24, 2.45) is 0 Å². The van der Waals surface area contributed by atoms with Crippen LogP contribution in [0.15, 0.2) is 24.3 Å². The van der Waals surface area contributed by atoms with Crippen LogP contribution in [0.25, 0.3) is 0 Å². The van der Waals surface area contributed by atoms with E-state index in [0.717, 1.165) is 5.56 Å². The van der Waals surface area contributed by atoms with Crippen molar-refractivity contribution < 1.29 is 14.7 Å². The Morgan fingerprint density at radius 3 is 2.81 bits per heavy atom. The molecule has 0 aromatic heterocycles. The highest BCUT2D eigenvalue weighted by atomic mass is 16.4. The zero-order chi connectivity index (χ0) is 15.6. The predicted molar refractivity (Wildman–Crippen MR) is 76.9 cm³/mol. The maximum Gasteiger partial charge on any atom is 0.327 e. The monoisotopic (exact) mass is 287 g/mol. The van der Waals surface area contributed by atoms with E-state index in [1.165, 1.54) is 9.80 Å². The van der Waals surface area contributed by atoms with E-state index in [9.17, 15) is 14.7 Å². The number of nitriles is 1. The molecule has 110 valence electrons. The van der Waals surface area contributed by atoms with Crippen molar-refractivity contribution in [3.63, 3.8) is 0 Å². The van der Waals surface area contributed by atoms with Gasteiger partial charge in [-0.15, -0.1) is 0 Å². The van der Waals surface area contributed by atoms with Gasteiger partial charge in [0, 0.05) is 25.2 Å². The quantitative estimate of drug-likeness (QED) is 0.919. The largest absolute Gasteiger partial charge is 0.480 e. The van der Waals surface area contributed by atoms with Crippen LogP contribution in [0.4, 0.5) is 10.5 Å². The molecule has 0 aliphatic carbocycles. The highest BCUT2D eigenvalue weighted by Crippen LogP contribution is 2.33. The molecule has 0 bridgehead atoms. The lowest BCUT2D eigenvalue weighted by Gasteiger charge is -2.31. The average Bonchev–Trinajstić information content (AvgIpc) is 2.85. The van der Waals surface area contributed by atoms with Crippen molar-refractivity contribution in [3.05, 3.63) is 29.8 Å². The number of urea groups is 1. The number of amides is 2. The summed E-state index contributed by atoms with van der Waals surface area (Å²) in [4.78, 5) is 26.8. The molecule has 1 aliphatic heterocycles. The number of para-hydroxylation sites is 1. The van der Waals surface area contributed by atoms with Crippen LogP contribution in [-0.2, 0) is 11.2 Å². The minimum Gasteiger partial charge on any atom is -0.480 e. The lowest BCUT2D eigenvalue weighted by atomic mass is 10.1. The summed E-state index contributed by atoms with van der Waals surface area (Å²) in [7, 11) is 1.59. The van der Waals surface area contributed by atoms with Gasteiger partial charge in [0.2, 0.25) is 0 Å². The number of carbonyl (C=O) groups excluding carboxylic acids is 1. The number of fused-ring (bicyclic) bond motifs is 1. The van der Waals surface area contributed by atoms with E-state index in [1.807, 2.05) is 18.2 Å². The van der Waals surface area contributed by atoms with E-state index < -0.39 is 18.0 Å². The summed E-state index contributed by atoms with van der Waals surface area (Å²) in [6.45, 7) is 1.76. The Kier molecular flexibility index (Phi) is 4.13. The number of benzene rings is 1. The van der Waals surface area contributed by atoms with E-state index in [0.29, 0.717) is 12.1 Å². The third kappa shape index (κ3) is 2.68. The van der Waals surface area contributed by atoms with Crippen molar-refractivity contribution in [1.82, 2.24) is 4.90 Å². The maximum absolute atomic E-state index is 12.6. The first-order valence-electron chi connectivity index (χ1n) is 6.71. The number of nitrogens with zero attached hydrogens (tertiary/aromatic N) is 3. The number of anilines is 1. The minimum absolute atomic E-state index is 0.204. The van der Waals surface area contributed by atoms with Crippen molar-refractivity contribution in [2.75, 3.05) is 11.9 Å². The third-order valence-electron chi connectivity index (χ3n) is 3.82. The topological polar surface area (TPSA) is 84.6 Å². The van der Waals surface area contributed by atoms with Crippen LogP contribution in [0.3, 0.4) is 0 Å². The molecule has 0 spiro atoms. The van der Waals surface area contributed by atoms with Crippen molar-refractivity contribution in [1.29, 1.82) is 5.26 Å². The van der Waals surface area contributed by atoms with Crippen molar-refractivity contribution in [3.8, 4) is 6.07 Å². The number of hydrogen-bond donors (Lipinski definition) is 1. The summed E-state index contributed by atoms with van der Waals surface area (Å²) in [5.74, 6) is -1.03. The molecule has 1 heterocycles. The van der Waals surface area contributed by atoms with Crippen molar-refractivity contribution >= 4 is 17.7 Å². The number of hydrogen-bond acceptors (Lipinski definition) is 3. The molecule has 1 aromatic rings. The molecule has 1 aromatic carbocycles. The van der Waals surface area contributed by atoms with Crippen LogP contribution in [0.1, 0.15) is 18.9 Å². The average molecular weight is 287 g/mol. The second-order valence-corrected chi connectivity index (χ2v) is 5.16. The van der Waals surface area contributed by atoms with Crippen molar-refractivity contribution in [2.45, 2.75) is 31.8 Å². The van der Waals surface area contributed by atoms with E-state index >= 15 is 0 Å². The number of aliphatic carboxylic acids is 1. The van der Waals surface area contributed by atoms with Gasteiger partial charge < -0.3 is 10.0 Å². The normalized spacial score (nSPS) is 17.8. The Labute approximate surface area is 123 Å². The molecule has 2 unspecified atom stereocenters. The molecule has 0 saturated heterocycles. The molecule has 1 aliphatic rings. The molecule has 6 nitrogen and oxygen atoms in total. The zero-order valence-electron chi connectivity index (χ0n) is 12.0. The molecular formula is C15H17N3O3. The van der Waals surface area contributed by atoms with Gasteiger partial charge >= 0.3 is 12.0 Å². The van der Waals surface area contributed by atoms with Gasteiger partial charge in [0.15, 0.2) is 0 Å². The molecule has 6 heteroatoms. The fraction of sp³-hybridized carbons (Fsp3) is 0.400. The van der Waals surface area contributed by atoms with Gasteiger partial charge in [-0.3, -0.25) is 4.90 Å². The van der Waals surface area contributed by atoms with E-state index in [-0.39, 0.29) is 12.5 Å². The smallest absolute Gasteiger partial charge is 0.327 e. The molecule has 0 radical (unpaired) electrons. The fourth-order valence-electron chi connectivity index (χ4n) is 2.45. The van der Waals surface area contributed by atoms with Crippen LogP contribution in [0.2, 0.25) is 0 Å². The second-order valence-electron chi connectivity index (χ2n) is 5.16. The summed E-state index contributed by atoms with van der Waals surface area (Å²) in [6.07, 6.45) is 0.507. The first-order valence-corrected chi connectivity index (χ1v) is 6.71. The van der Waals surface area contributed by atoms with Gasteiger partial charge in [0.25, 0.3) is 0 Å². The van der Waals surface area contributed by atoms with Gasteiger partial charge in [-0.05, 0) is 18.6 Å². The fourth-order valence-corrected chi connectivity index (χ4v) is 2.45. The molecule has 0 fully saturated rings. The lowest BCUT2D eigenvalue weighted by molar-refractivity contribution is -0.138. The van der Waals surface area contributed by atoms with Gasteiger partial charge in [-0.1, -0.05) is 18.2 Å². The Morgan fingerprint density at radius 2 is 2.19 bits per heavy atom. The SMILES string of the molecule is CC(CC#N)N(C)C(=O)N1c2ccccc2CC1C(=O)O. The number of carboxylic acid groups (broad SMARTS) is 1. The van der Waals surface area contributed by atoms with Gasteiger partial charge in [-0.25, -0.2) is 9.59 Å². The van der Waals surface area contributed by atoms with Crippen LogP contribution < -0.4 is 4.90 Å². The highest BCUT2D eigenvalue weighted by molar-refractivity contribution is 6.01. The number of carboxylic acids is 1. The molecule has 2 amide bonds. The third-order valence-corrected chi connectivity index (χ3v) is 3.82. The molecule has 0 saturated carbocycles. The molecule has 2 atom stereocenters. The molecule has 2 rings (SSSR count). The van der Waals surface area contributed by atoms with Gasteiger partial charge in [0.1, 0.15) is 6.04 Å². The van der Waals surface area contributed by atoms with Gasteiger partial charge in [-0.2, -0.15) is 5.26 Å². The Morgan fingerprint density at radius 1 is 1.52 bits per heavy atom.